The number of aromatic amines is 1. The molecule has 1 aromatic carbocycles. The molecule has 3 aromatic heterocycles. The Labute approximate surface area is 207 Å². The quantitative estimate of drug-likeness (QED) is 0.440. The van der Waals surface area contributed by atoms with E-state index in [-0.39, 0.29) is 23.0 Å². The number of rotatable bonds is 2. The van der Waals surface area contributed by atoms with Gasteiger partial charge in [0.25, 0.3) is 11.6 Å². The second kappa shape index (κ2) is 7.22. The van der Waals surface area contributed by atoms with Crippen LogP contribution in [0, 0.1) is 12.7 Å². The van der Waals surface area contributed by atoms with E-state index in [4.69, 9.17) is 5.10 Å². The molecule has 1 unspecified atom stereocenters. The molecule has 2 aliphatic rings. The van der Waals surface area contributed by atoms with E-state index in [0.717, 1.165) is 11.1 Å². The van der Waals surface area contributed by atoms with Crippen LogP contribution in [-0.4, -0.2) is 49.4 Å². The number of H-pyrrole nitrogens is 1. The van der Waals surface area contributed by atoms with Crippen molar-refractivity contribution in [2.75, 3.05) is 18.0 Å². The largest absolute Gasteiger partial charge is 0.331 e. The molecule has 0 spiro atoms. The summed E-state index contributed by atoms with van der Waals surface area (Å²) in [6.07, 6.45) is 4.84. The van der Waals surface area contributed by atoms with Gasteiger partial charge >= 0.3 is 11.6 Å². The molecule has 5 heterocycles. The first-order valence-corrected chi connectivity index (χ1v) is 11.9. The van der Waals surface area contributed by atoms with Crippen LogP contribution in [0.1, 0.15) is 49.3 Å². The zero-order valence-corrected chi connectivity index (χ0v) is 20.8. The van der Waals surface area contributed by atoms with Gasteiger partial charge in [-0.05, 0) is 42.2 Å². The fourth-order valence-corrected chi connectivity index (χ4v) is 5.38. The Kier molecular flexibility index (Phi) is 4.49. The third-order valence-electron chi connectivity index (χ3n) is 7.31. The van der Waals surface area contributed by atoms with Crippen LogP contribution in [0.4, 0.5) is 10.2 Å². The SMILES string of the molecule is Cc1cc(-c2cc(C(C)(C)C)c3n(cc4[n+]3C3(C)C(=O)N(c5cnc[nH]5)CCN3C4=O)n2)ccc1F. The number of benzene rings is 1. The zero-order valence-electron chi connectivity index (χ0n) is 20.8. The lowest BCUT2D eigenvalue weighted by Crippen LogP contribution is -2.72. The second-order valence-corrected chi connectivity index (χ2v) is 10.6. The van der Waals surface area contributed by atoms with Gasteiger partial charge in [-0.1, -0.05) is 30.4 Å². The lowest BCUT2D eigenvalue weighted by molar-refractivity contribution is -0.731. The van der Waals surface area contributed by atoms with Crippen molar-refractivity contribution in [3.63, 3.8) is 0 Å². The maximum atomic E-state index is 14.0. The van der Waals surface area contributed by atoms with E-state index in [9.17, 15) is 14.0 Å². The number of hydrogen-bond acceptors (Lipinski definition) is 4. The Balaban J connectivity index is 1.61. The van der Waals surface area contributed by atoms with Crippen LogP contribution in [0.2, 0.25) is 0 Å². The van der Waals surface area contributed by atoms with Crippen LogP contribution in [0.3, 0.4) is 0 Å². The minimum absolute atomic E-state index is 0.209. The Morgan fingerprint density at radius 2 is 1.94 bits per heavy atom. The number of carbonyl (C=O) groups is 2. The number of halogens is 1. The molecule has 1 saturated heterocycles. The van der Waals surface area contributed by atoms with E-state index in [1.165, 1.54) is 12.4 Å². The third-order valence-corrected chi connectivity index (χ3v) is 7.31. The molecule has 2 amide bonds. The highest BCUT2D eigenvalue weighted by molar-refractivity contribution is 6.04. The summed E-state index contributed by atoms with van der Waals surface area (Å²) >= 11 is 0. The second-order valence-electron chi connectivity index (χ2n) is 10.6. The summed E-state index contributed by atoms with van der Waals surface area (Å²) in [6.45, 7) is 10.5. The molecule has 10 heteroatoms. The van der Waals surface area contributed by atoms with Crippen molar-refractivity contribution in [3.05, 3.63) is 65.6 Å². The van der Waals surface area contributed by atoms with Gasteiger partial charge in [-0.25, -0.2) is 9.37 Å². The molecular formula is C26H27FN7O2+. The van der Waals surface area contributed by atoms with E-state index in [1.807, 2.05) is 10.6 Å². The maximum absolute atomic E-state index is 14.0. The fourth-order valence-electron chi connectivity index (χ4n) is 5.38. The molecule has 4 aromatic rings. The van der Waals surface area contributed by atoms with Crippen molar-refractivity contribution in [2.45, 2.75) is 45.7 Å². The average Bonchev–Trinajstić information content (AvgIpc) is 3.53. The molecule has 1 fully saturated rings. The number of carbonyl (C=O) groups excluding carboxylic acids is 2. The highest BCUT2D eigenvalue weighted by atomic mass is 19.1. The Hall–Kier alpha value is -4.08. The monoisotopic (exact) mass is 488 g/mol. The standard InChI is InChI=1S/C26H27FN7O2/c1-15-10-16(6-7-18(15)27)19-11-17(25(2,3)4)22-33(30-19)13-20-23(35)32-9-8-31(21-12-28-14-29-21)24(36)26(32,5)34(20)22/h6-7,10-14H,8-9H2,1-5H3,(H,28,29)/q+1. The van der Waals surface area contributed by atoms with Gasteiger partial charge in [0, 0.05) is 25.6 Å². The number of amides is 2. The molecule has 9 nitrogen and oxygen atoms in total. The number of nitrogens with one attached hydrogen (secondary N) is 1. The van der Waals surface area contributed by atoms with E-state index < -0.39 is 5.66 Å². The fraction of sp³-hybridized carbons (Fsp3) is 0.346. The van der Waals surface area contributed by atoms with E-state index in [0.29, 0.717) is 41.5 Å². The normalized spacial score (nSPS) is 19.8. The van der Waals surface area contributed by atoms with Gasteiger partial charge in [0.2, 0.25) is 5.69 Å². The number of aromatic nitrogens is 5. The number of imidazole rings is 2. The first kappa shape index (κ1) is 22.4. The van der Waals surface area contributed by atoms with Gasteiger partial charge in [0.1, 0.15) is 17.3 Å². The minimum atomic E-state index is -1.26. The van der Waals surface area contributed by atoms with Crippen LogP contribution in [0.15, 0.2) is 43.0 Å². The molecule has 36 heavy (non-hydrogen) atoms. The van der Waals surface area contributed by atoms with Crippen molar-refractivity contribution in [1.29, 1.82) is 0 Å². The summed E-state index contributed by atoms with van der Waals surface area (Å²) in [5.74, 6) is -0.113. The van der Waals surface area contributed by atoms with Gasteiger partial charge < -0.3 is 4.98 Å². The van der Waals surface area contributed by atoms with Gasteiger partial charge in [-0.2, -0.15) is 4.57 Å². The summed E-state index contributed by atoms with van der Waals surface area (Å²) in [5.41, 5.74) is 2.36. The number of nitrogens with zero attached hydrogens (tertiary/aromatic N) is 6. The Morgan fingerprint density at radius 3 is 2.61 bits per heavy atom. The molecular weight excluding hydrogens is 461 g/mol. The maximum Gasteiger partial charge on any atom is 0.314 e. The molecule has 6 rings (SSSR count). The zero-order chi connectivity index (χ0) is 25.6. The van der Waals surface area contributed by atoms with Crippen molar-refractivity contribution in [1.82, 2.24) is 24.5 Å². The molecule has 1 N–H and O–H groups in total. The number of fused-ring (bicyclic) bond motifs is 5. The lowest BCUT2D eigenvalue weighted by atomic mass is 9.86. The van der Waals surface area contributed by atoms with Crippen LogP contribution >= 0.6 is 0 Å². The van der Waals surface area contributed by atoms with Gasteiger partial charge in [-0.15, -0.1) is 0 Å². The number of piperazine rings is 1. The van der Waals surface area contributed by atoms with Crippen LogP contribution in [0.5, 0.6) is 0 Å². The minimum Gasteiger partial charge on any atom is -0.331 e. The summed E-state index contributed by atoms with van der Waals surface area (Å²) < 4.78 is 17.5. The number of hydrogen-bond donors (Lipinski definition) is 1. The molecule has 184 valence electrons. The number of aryl methyl sites for hydroxylation is 1. The van der Waals surface area contributed by atoms with Crippen molar-refractivity contribution >= 4 is 23.3 Å². The van der Waals surface area contributed by atoms with E-state index in [2.05, 4.69) is 30.7 Å². The molecule has 0 aliphatic carbocycles. The lowest BCUT2D eigenvalue weighted by Gasteiger charge is -2.40. The number of anilines is 1. The summed E-state index contributed by atoms with van der Waals surface area (Å²) in [4.78, 5) is 37.9. The first-order valence-electron chi connectivity index (χ1n) is 11.9. The highest BCUT2D eigenvalue weighted by Gasteiger charge is 2.62. The van der Waals surface area contributed by atoms with Crippen molar-refractivity contribution < 1.29 is 18.5 Å². The van der Waals surface area contributed by atoms with Gasteiger partial charge in [0.05, 0.1) is 18.1 Å². The molecule has 0 radical (unpaired) electrons. The smallest absolute Gasteiger partial charge is 0.314 e. The van der Waals surface area contributed by atoms with E-state index in [1.54, 1.807) is 52.7 Å². The Morgan fingerprint density at radius 1 is 1.17 bits per heavy atom. The first-order chi connectivity index (χ1) is 17.0. The molecule has 1 atom stereocenters. The third kappa shape index (κ3) is 2.90. The van der Waals surface area contributed by atoms with Crippen LogP contribution in [-0.2, 0) is 15.9 Å². The van der Waals surface area contributed by atoms with Crippen LogP contribution in [0.25, 0.3) is 16.9 Å². The summed E-state index contributed by atoms with van der Waals surface area (Å²) in [7, 11) is 0. The van der Waals surface area contributed by atoms with Crippen molar-refractivity contribution in [2.24, 2.45) is 0 Å². The summed E-state index contributed by atoms with van der Waals surface area (Å²) in [6, 6.07) is 6.88. The topological polar surface area (TPSA) is 90.5 Å². The van der Waals surface area contributed by atoms with E-state index >= 15 is 0 Å². The molecule has 0 bridgehead atoms. The average molecular weight is 489 g/mol. The van der Waals surface area contributed by atoms with Gasteiger partial charge in [-0.3, -0.25) is 19.4 Å². The van der Waals surface area contributed by atoms with Crippen LogP contribution < -0.4 is 9.47 Å². The predicted molar refractivity (Wildman–Crippen MR) is 130 cm³/mol. The summed E-state index contributed by atoms with van der Waals surface area (Å²) in [5, 5.41) is 4.81. The van der Waals surface area contributed by atoms with Gasteiger partial charge in [0.15, 0.2) is 6.20 Å². The predicted octanol–water partition coefficient (Wildman–Crippen LogP) is 2.93. The Bertz CT molecular complexity index is 1570. The van der Waals surface area contributed by atoms with Crippen molar-refractivity contribution in [3.8, 4) is 11.3 Å². The molecule has 0 saturated carbocycles. The highest BCUT2D eigenvalue weighted by Crippen LogP contribution is 2.37. The molecule has 2 aliphatic heterocycles.